The van der Waals surface area contributed by atoms with Gasteiger partial charge in [0.1, 0.15) is 16.6 Å². The third-order valence-electron chi connectivity index (χ3n) is 2.60. The molecule has 0 unspecified atom stereocenters. The summed E-state index contributed by atoms with van der Waals surface area (Å²) in [4.78, 5) is 0. The number of nitrogens with two attached hydrogens (primary N) is 1. The van der Waals surface area contributed by atoms with Crippen LogP contribution in [-0.4, -0.2) is 14.2 Å². The van der Waals surface area contributed by atoms with Gasteiger partial charge in [-0.1, -0.05) is 6.92 Å². The first-order valence-corrected chi connectivity index (χ1v) is 6.33. The molecule has 2 aromatic rings. The van der Waals surface area contributed by atoms with Crippen LogP contribution in [0.1, 0.15) is 23.7 Å². The van der Waals surface area contributed by atoms with Crippen molar-refractivity contribution in [2.24, 2.45) is 7.05 Å². The standard InChI is InChI=1S/C11H14N6S/c1-3-9-7(6-17(2)15-9)5-14-11-8(4-12)10(13)16-18-11/h6,14H,3,5H2,1-2H3,(H2,13,16). The Hall–Kier alpha value is -2.07. The minimum absolute atomic E-state index is 0.284. The molecular weight excluding hydrogens is 248 g/mol. The van der Waals surface area contributed by atoms with Crippen molar-refractivity contribution in [2.75, 3.05) is 11.1 Å². The molecule has 2 rings (SSSR count). The van der Waals surface area contributed by atoms with Gasteiger partial charge >= 0.3 is 0 Å². The summed E-state index contributed by atoms with van der Waals surface area (Å²) in [6.45, 7) is 2.69. The average Bonchev–Trinajstić information content (AvgIpc) is 2.89. The second-order valence-corrected chi connectivity index (χ2v) is 4.64. The van der Waals surface area contributed by atoms with Crippen LogP contribution in [0.4, 0.5) is 10.8 Å². The lowest BCUT2D eigenvalue weighted by atomic mass is 10.2. The molecule has 94 valence electrons. The smallest absolute Gasteiger partial charge is 0.157 e. The zero-order chi connectivity index (χ0) is 13.1. The van der Waals surface area contributed by atoms with Gasteiger partial charge in [0.25, 0.3) is 0 Å². The molecule has 0 bridgehead atoms. The summed E-state index contributed by atoms with van der Waals surface area (Å²) in [5.74, 6) is 0.284. The number of nitrogen functional groups attached to an aromatic ring is 1. The van der Waals surface area contributed by atoms with E-state index in [0.29, 0.717) is 17.1 Å². The highest BCUT2D eigenvalue weighted by Crippen LogP contribution is 2.26. The summed E-state index contributed by atoms with van der Waals surface area (Å²) in [6, 6.07) is 2.05. The zero-order valence-corrected chi connectivity index (χ0v) is 11.1. The van der Waals surface area contributed by atoms with Gasteiger partial charge in [0.15, 0.2) is 5.82 Å². The van der Waals surface area contributed by atoms with Crippen LogP contribution in [-0.2, 0) is 20.0 Å². The summed E-state index contributed by atoms with van der Waals surface area (Å²) >= 11 is 1.20. The minimum atomic E-state index is 0.284. The predicted octanol–water partition coefficient (Wildman–Crippen LogP) is 1.50. The monoisotopic (exact) mass is 262 g/mol. The number of rotatable bonds is 4. The molecule has 2 heterocycles. The lowest BCUT2D eigenvalue weighted by Gasteiger charge is -2.02. The van der Waals surface area contributed by atoms with E-state index in [1.54, 1.807) is 4.68 Å². The molecule has 2 aromatic heterocycles. The maximum atomic E-state index is 8.97. The van der Waals surface area contributed by atoms with E-state index in [4.69, 9.17) is 11.0 Å². The molecule has 6 nitrogen and oxygen atoms in total. The van der Waals surface area contributed by atoms with Crippen LogP contribution in [0.2, 0.25) is 0 Å². The lowest BCUT2D eigenvalue weighted by molar-refractivity contribution is 0.746. The van der Waals surface area contributed by atoms with Crippen LogP contribution in [0.3, 0.4) is 0 Å². The maximum absolute atomic E-state index is 8.97. The molecule has 0 aromatic carbocycles. The van der Waals surface area contributed by atoms with E-state index in [1.807, 2.05) is 13.2 Å². The number of aromatic nitrogens is 3. The van der Waals surface area contributed by atoms with Crippen LogP contribution in [0, 0.1) is 11.3 Å². The van der Waals surface area contributed by atoms with Gasteiger partial charge in [0.05, 0.1) is 5.69 Å². The van der Waals surface area contributed by atoms with Crippen molar-refractivity contribution >= 4 is 22.4 Å². The van der Waals surface area contributed by atoms with Crippen LogP contribution < -0.4 is 11.1 Å². The molecule has 0 saturated heterocycles. The van der Waals surface area contributed by atoms with Crippen molar-refractivity contribution < 1.29 is 0 Å². The Kier molecular flexibility index (Phi) is 3.48. The van der Waals surface area contributed by atoms with Gasteiger partial charge in [-0.2, -0.15) is 14.7 Å². The summed E-state index contributed by atoms with van der Waals surface area (Å²) in [6.07, 6.45) is 2.86. The Balaban J connectivity index is 2.14. The van der Waals surface area contributed by atoms with Gasteiger partial charge in [0, 0.05) is 25.4 Å². The molecule has 7 heteroatoms. The molecule has 0 amide bonds. The van der Waals surface area contributed by atoms with Crippen LogP contribution >= 0.6 is 11.5 Å². The molecule has 0 aliphatic carbocycles. The molecule has 0 saturated carbocycles. The largest absolute Gasteiger partial charge is 0.382 e. The zero-order valence-electron chi connectivity index (χ0n) is 10.3. The minimum Gasteiger partial charge on any atom is -0.382 e. The van der Waals surface area contributed by atoms with E-state index in [1.165, 1.54) is 11.5 Å². The second-order valence-electron chi connectivity index (χ2n) is 3.87. The number of hydrogen-bond donors (Lipinski definition) is 2. The van der Waals surface area contributed by atoms with E-state index in [0.717, 1.165) is 17.7 Å². The number of hydrogen-bond acceptors (Lipinski definition) is 6. The fourth-order valence-corrected chi connectivity index (χ4v) is 2.39. The summed E-state index contributed by atoms with van der Waals surface area (Å²) in [5.41, 5.74) is 8.20. The number of nitrogens with one attached hydrogen (secondary N) is 1. The molecule has 0 radical (unpaired) electrons. The summed E-state index contributed by atoms with van der Waals surface area (Å²) < 4.78 is 5.75. The van der Waals surface area contributed by atoms with Crippen molar-refractivity contribution in [3.8, 4) is 6.07 Å². The average molecular weight is 262 g/mol. The lowest BCUT2D eigenvalue weighted by Crippen LogP contribution is -2.01. The first-order valence-electron chi connectivity index (χ1n) is 5.56. The van der Waals surface area contributed by atoms with Crippen molar-refractivity contribution in [1.82, 2.24) is 14.2 Å². The number of nitrogens with zero attached hydrogens (tertiary/aromatic N) is 4. The maximum Gasteiger partial charge on any atom is 0.157 e. The fraction of sp³-hybridized carbons (Fsp3) is 0.364. The van der Waals surface area contributed by atoms with Crippen LogP contribution in [0.25, 0.3) is 0 Å². The van der Waals surface area contributed by atoms with Crippen LogP contribution in [0.15, 0.2) is 6.20 Å². The third kappa shape index (κ3) is 2.28. The van der Waals surface area contributed by atoms with Gasteiger partial charge < -0.3 is 11.1 Å². The van der Waals surface area contributed by atoms with Crippen LogP contribution in [0.5, 0.6) is 0 Å². The molecule has 0 aliphatic rings. The van der Waals surface area contributed by atoms with Gasteiger partial charge in [-0.25, -0.2) is 0 Å². The Morgan fingerprint density at radius 2 is 2.39 bits per heavy atom. The van der Waals surface area contributed by atoms with E-state index in [9.17, 15) is 0 Å². The quantitative estimate of drug-likeness (QED) is 0.871. The number of anilines is 2. The van der Waals surface area contributed by atoms with Gasteiger partial charge in [-0.3, -0.25) is 4.68 Å². The third-order valence-corrected chi connectivity index (χ3v) is 3.42. The topological polar surface area (TPSA) is 92.6 Å². The van der Waals surface area contributed by atoms with Crippen molar-refractivity contribution in [1.29, 1.82) is 5.26 Å². The van der Waals surface area contributed by atoms with Crippen molar-refractivity contribution in [3.05, 3.63) is 23.0 Å². The van der Waals surface area contributed by atoms with E-state index < -0.39 is 0 Å². The van der Waals surface area contributed by atoms with E-state index in [2.05, 4.69) is 27.8 Å². The SMILES string of the molecule is CCc1nn(C)cc1CNc1snc(N)c1C#N. The molecule has 3 N–H and O–H groups in total. The second kappa shape index (κ2) is 5.06. The Bertz CT molecular complexity index is 591. The highest BCUT2D eigenvalue weighted by Gasteiger charge is 2.12. The van der Waals surface area contributed by atoms with E-state index >= 15 is 0 Å². The Labute approximate surface area is 109 Å². The molecule has 0 spiro atoms. The number of aryl methyl sites for hydroxylation is 2. The fourth-order valence-electron chi connectivity index (χ4n) is 1.74. The molecule has 0 atom stereocenters. The van der Waals surface area contributed by atoms with Gasteiger partial charge in [-0.05, 0) is 18.0 Å². The first kappa shape index (κ1) is 12.4. The molecule has 18 heavy (non-hydrogen) atoms. The van der Waals surface area contributed by atoms with E-state index in [-0.39, 0.29) is 5.82 Å². The molecule has 0 fully saturated rings. The summed E-state index contributed by atoms with van der Waals surface area (Å²) in [5, 5.41) is 17.2. The van der Waals surface area contributed by atoms with Gasteiger partial charge in [0.2, 0.25) is 0 Å². The predicted molar refractivity (Wildman–Crippen MR) is 71.2 cm³/mol. The normalized spacial score (nSPS) is 10.3. The highest BCUT2D eigenvalue weighted by molar-refractivity contribution is 7.10. The highest BCUT2D eigenvalue weighted by atomic mass is 32.1. The molecular formula is C11H14N6S. The van der Waals surface area contributed by atoms with Crippen molar-refractivity contribution in [2.45, 2.75) is 19.9 Å². The van der Waals surface area contributed by atoms with Crippen molar-refractivity contribution in [3.63, 3.8) is 0 Å². The Morgan fingerprint density at radius 1 is 1.61 bits per heavy atom. The summed E-state index contributed by atoms with van der Waals surface area (Å²) in [7, 11) is 1.90. The number of nitriles is 1. The Morgan fingerprint density at radius 3 is 3.06 bits per heavy atom. The van der Waals surface area contributed by atoms with Gasteiger partial charge in [-0.15, -0.1) is 0 Å². The first-order chi connectivity index (χ1) is 8.65. The molecule has 0 aliphatic heterocycles.